The van der Waals surface area contributed by atoms with Gasteiger partial charge in [-0.15, -0.1) is 0 Å². The van der Waals surface area contributed by atoms with Crippen molar-refractivity contribution in [3.8, 4) is 6.07 Å². The Labute approximate surface area is 89.3 Å². The van der Waals surface area contributed by atoms with E-state index in [1.807, 2.05) is 26.0 Å². The van der Waals surface area contributed by atoms with Gasteiger partial charge in [-0.1, -0.05) is 23.7 Å². The van der Waals surface area contributed by atoms with Gasteiger partial charge < -0.3 is 5.73 Å². The van der Waals surface area contributed by atoms with Crippen molar-refractivity contribution in [2.45, 2.75) is 25.8 Å². The molecule has 2 N–H and O–H groups in total. The first-order chi connectivity index (χ1) is 6.49. The second-order valence-electron chi connectivity index (χ2n) is 3.68. The maximum Gasteiger partial charge on any atom is 0.0644 e. The fraction of sp³-hybridized carbons (Fsp3) is 0.364. The molecule has 1 aromatic carbocycles. The van der Waals surface area contributed by atoms with Crippen molar-refractivity contribution < 1.29 is 0 Å². The molecule has 1 rings (SSSR count). The molecule has 3 heteroatoms. The molecule has 1 aromatic rings. The van der Waals surface area contributed by atoms with Crippen molar-refractivity contribution >= 4 is 11.6 Å². The summed E-state index contributed by atoms with van der Waals surface area (Å²) in [5.74, 6) is 0. The molecule has 0 spiro atoms. The summed E-state index contributed by atoms with van der Waals surface area (Å²) in [6, 6.07) is 7.70. The van der Waals surface area contributed by atoms with E-state index in [2.05, 4.69) is 6.07 Å². The standard InChI is InChI=1S/C11H13ClN2/c1-8-4-3-5-9(12)10(8)11(2,14)6-7-13/h3-5H,6,14H2,1-2H3/t11-/m1/s1. The Morgan fingerprint density at radius 1 is 1.57 bits per heavy atom. The lowest BCUT2D eigenvalue weighted by Crippen LogP contribution is -2.33. The third-order valence-corrected chi connectivity index (χ3v) is 2.55. The van der Waals surface area contributed by atoms with Crippen LogP contribution < -0.4 is 5.73 Å². The largest absolute Gasteiger partial charge is 0.321 e. The lowest BCUT2D eigenvalue weighted by Gasteiger charge is -2.25. The van der Waals surface area contributed by atoms with E-state index in [0.717, 1.165) is 11.1 Å². The summed E-state index contributed by atoms with van der Waals surface area (Å²) in [7, 11) is 0. The van der Waals surface area contributed by atoms with Crippen molar-refractivity contribution in [3.05, 3.63) is 34.3 Å². The minimum absolute atomic E-state index is 0.261. The van der Waals surface area contributed by atoms with E-state index in [1.165, 1.54) is 0 Å². The summed E-state index contributed by atoms with van der Waals surface area (Å²) in [5, 5.41) is 9.30. The van der Waals surface area contributed by atoms with Gasteiger partial charge in [0.1, 0.15) is 0 Å². The average Bonchev–Trinajstić information content (AvgIpc) is 2.02. The SMILES string of the molecule is Cc1cccc(Cl)c1[C@](C)(N)CC#N. The summed E-state index contributed by atoms with van der Waals surface area (Å²) in [4.78, 5) is 0. The highest BCUT2D eigenvalue weighted by atomic mass is 35.5. The topological polar surface area (TPSA) is 49.8 Å². The molecule has 0 aromatic heterocycles. The molecule has 0 aliphatic rings. The zero-order valence-electron chi connectivity index (χ0n) is 8.34. The van der Waals surface area contributed by atoms with Crippen LogP contribution in [0.2, 0.25) is 5.02 Å². The summed E-state index contributed by atoms with van der Waals surface area (Å²) >= 11 is 6.06. The van der Waals surface area contributed by atoms with Gasteiger partial charge in [0.05, 0.1) is 18.0 Å². The molecule has 0 bridgehead atoms. The van der Waals surface area contributed by atoms with Crippen LogP contribution in [0.4, 0.5) is 0 Å². The first-order valence-corrected chi connectivity index (χ1v) is 4.78. The van der Waals surface area contributed by atoms with E-state index in [1.54, 1.807) is 6.07 Å². The first kappa shape index (κ1) is 11.0. The zero-order chi connectivity index (χ0) is 10.8. The van der Waals surface area contributed by atoms with Gasteiger partial charge in [0.25, 0.3) is 0 Å². The Kier molecular flexibility index (Phi) is 3.15. The second-order valence-corrected chi connectivity index (χ2v) is 4.09. The molecular formula is C11H13ClN2. The van der Waals surface area contributed by atoms with Gasteiger partial charge in [0.15, 0.2) is 0 Å². The zero-order valence-corrected chi connectivity index (χ0v) is 9.10. The van der Waals surface area contributed by atoms with E-state index in [-0.39, 0.29) is 6.42 Å². The Bertz CT molecular complexity index is 357. The first-order valence-electron chi connectivity index (χ1n) is 4.40. The van der Waals surface area contributed by atoms with Gasteiger partial charge in [-0.2, -0.15) is 5.26 Å². The normalized spacial score (nSPS) is 14.5. The number of nitrogens with two attached hydrogens (primary N) is 1. The molecule has 0 saturated carbocycles. The molecule has 0 radical (unpaired) electrons. The number of hydrogen-bond donors (Lipinski definition) is 1. The molecule has 74 valence electrons. The molecule has 1 atom stereocenters. The van der Waals surface area contributed by atoms with E-state index >= 15 is 0 Å². The van der Waals surface area contributed by atoms with Crippen molar-refractivity contribution in [1.29, 1.82) is 5.26 Å². The van der Waals surface area contributed by atoms with Gasteiger partial charge in [0, 0.05) is 5.02 Å². The van der Waals surface area contributed by atoms with Crippen LogP contribution in [0.15, 0.2) is 18.2 Å². The monoisotopic (exact) mass is 208 g/mol. The number of nitrogens with zero attached hydrogens (tertiary/aromatic N) is 1. The lowest BCUT2D eigenvalue weighted by molar-refractivity contribution is 0.505. The fourth-order valence-electron chi connectivity index (χ4n) is 1.61. The number of halogens is 1. The summed E-state index contributed by atoms with van der Waals surface area (Å²) in [6.45, 7) is 3.77. The van der Waals surface area contributed by atoms with Gasteiger partial charge in [-0.3, -0.25) is 0 Å². The minimum Gasteiger partial charge on any atom is -0.321 e. The Hall–Kier alpha value is -1.04. The van der Waals surface area contributed by atoms with Crippen LogP contribution in [-0.2, 0) is 5.54 Å². The number of benzene rings is 1. The van der Waals surface area contributed by atoms with Crippen molar-refractivity contribution in [2.75, 3.05) is 0 Å². The number of rotatable bonds is 2. The quantitative estimate of drug-likeness (QED) is 0.813. The summed E-state index contributed by atoms with van der Waals surface area (Å²) < 4.78 is 0. The number of aryl methyl sites for hydroxylation is 1. The molecule has 0 fully saturated rings. The molecule has 0 unspecified atom stereocenters. The van der Waals surface area contributed by atoms with Gasteiger partial charge in [-0.25, -0.2) is 0 Å². The van der Waals surface area contributed by atoms with Crippen molar-refractivity contribution in [3.63, 3.8) is 0 Å². The molecule has 0 aliphatic carbocycles. The molecule has 14 heavy (non-hydrogen) atoms. The molecule has 0 amide bonds. The van der Waals surface area contributed by atoms with E-state index in [4.69, 9.17) is 22.6 Å². The third kappa shape index (κ3) is 2.06. The molecule has 0 heterocycles. The van der Waals surface area contributed by atoms with E-state index in [9.17, 15) is 0 Å². The van der Waals surface area contributed by atoms with Crippen LogP contribution in [0.25, 0.3) is 0 Å². The van der Waals surface area contributed by atoms with E-state index < -0.39 is 5.54 Å². The molecule has 0 saturated heterocycles. The maximum atomic E-state index is 8.67. The Morgan fingerprint density at radius 2 is 2.21 bits per heavy atom. The Balaban J connectivity index is 3.25. The van der Waals surface area contributed by atoms with Gasteiger partial charge in [0.2, 0.25) is 0 Å². The predicted octanol–water partition coefficient (Wildman–Crippen LogP) is 2.74. The van der Waals surface area contributed by atoms with Crippen LogP contribution in [0.5, 0.6) is 0 Å². The molecular weight excluding hydrogens is 196 g/mol. The predicted molar refractivity (Wildman–Crippen MR) is 58.0 cm³/mol. The third-order valence-electron chi connectivity index (χ3n) is 2.24. The van der Waals surface area contributed by atoms with Crippen molar-refractivity contribution in [2.24, 2.45) is 5.73 Å². The minimum atomic E-state index is -0.669. The highest BCUT2D eigenvalue weighted by Crippen LogP contribution is 2.30. The fourth-order valence-corrected chi connectivity index (χ4v) is 2.05. The smallest absolute Gasteiger partial charge is 0.0644 e. The highest BCUT2D eigenvalue weighted by molar-refractivity contribution is 6.31. The number of nitriles is 1. The van der Waals surface area contributed by atoms with Crippen LogP contribution in [0, 0.1) is 18.3 Å². The highest BCUT2D eigenvalue weighted by Gasteiger charge is 2.25. The summed E-state index contributed by atoms with van der Waals surface area (Å²) in [6.07, 6.45) is 0.261. The maximum absolute atomic E-state index is 8.67. The Morgan fingerprint density at radius 3 is 2.71 bits per heavy atom. The van der Waals surface area contributed by atoms with Crippen LogP contribution in [-0.4, -0.2) is 0 Å². The van der Waals surface area contributed by atoms with Gasteiger partial charge in [-0.05, 0) is 31.0 Å². The summed E-state index contributed by atoms with van der Waals surface area (Å²) in [5.41, 5.74) is 7.26. The molecule has 0 aliphatic heterocycles. The van der Waals surface area contributed by atoms with Crippen LogP contribution in [0.1, 0.15) is 24.5 Å². The average molecular weight is 209 g/mol. The van der Waals surface area contributed by atoms with Crippen LogP contribution in [0.3, 0.4) is 0 Å². The van der Waals surface area contributed by atoms with Crippen LogP contribution >= 0.6 is 11.6 Å². The van der Waals surface area contributed by atoms with E-state index in [0.29, 0.717) is 5.02 Å². The lowest BCUT2D eigenvalue weighted by atomic mass is 9.87. The number of hydrogen-bond acceptors (Lipinski definition) is 2. The van der Waals surface area contributed by atoms with Gasteiger partial charge >= 0.3 is 0 Å². The second kappa shape index (κ2) is 4.00. The molecule has 2 nitrogen and oxygen atoms in total. The van der Waals surface area contributed by atoms with Crippen molar-refractivity contribution in [1.82, 2.24) is 0 Å².